The van der Waals surface area contributed by atoms with E-state index in [1.807, 2.05) is 0 Å². The Morgan fingerprint density at radius 3 is 1.27 bits per heavy atom. The highest BCUT2D eigenvalue weighted by Gasteiger charge is 2.24. The van der Waals surface area contributed by atoms with E-state index < -0.39 is 26.9 Å². The molecule has 0 aromatic carbocycles. The molecule has 0 aliphatic heterocycles. The van der Waals surface area contributed by atoms with Crippen LogP contribution in [0.25, 0.3) is 0 Å². The molecule has 0 bridgehead atoms. The van der Waals surface area contributed by atoms with Crippen LogP contribution in [0.1, 0.15) is 0 Å². The van der Waals surface area contributed by atoms with E-state index in [4.69, 9.17) is 12.6 Å². The summed E-state index contributed by atoms with van der Waals surface area (Å²) in [5.41, 5.74) is 0. The van der Waals surface area contributed by atoms with Crippen LogP contribution in [-0.2, 0) is 10.6 Å². The van der Waals surface area contributed by atoms with Gasteiger partial charge in [0.25, 0.3) is 0 Å². The lowest BCUT2D eigenvalue weighted by Gasteiger charge is -2.34. The Bertz CT molecular complexity index is 268. The highest BCUT2D eigenvalue weighted by molar-refractivity contribution is 7.59. The molecule has 0 aliphatic rings. The molecule has 92 valence electrons. The minimum atomic E-state index is -3.11. The van der Waals surface area contributed by atoms with E-state index in [-0.39, 0.29) is 0 Å². The van der Waals surface area contributed by atoms with E-state index in [0.717, 1.165) is 0 Å². The number of rotatable bonds is 3. The fraction of sp³-hybridized carbons (Fsp3) is 1.00. The van der Waals surface area contributed by atoms with Gasteiger partial charge in [-0.25, -0.2) is 0 Å². The molecule has 7 heteroatoms. The van der Waals surface area contributed by atoms with Crippen molar-refractivity contribution in [1.82, 2.24) is 4.57 Å². The molecule has 0 saturated carbocycles. The summed E-state index contributed by atoms with van der Waals surface area (Å²) in [6.45, 7) is 14.5. The minimum absolute atomic E-state index is 0.869. The van der Waals surface area contributed by atoms with Gasteiger partial charge in [-0.1, -0.05) is 39.3 Å². The summed E-state index contributed by atoms with van der Waals surface area (Å²) in [5.74, 6) is 0. The van der Waals surface area contributed by atoms with E-state index in [1.54, 1.807) is 0 Å². The predicted octanol–water partition coefficient (Wildman–Crippen LogP) is 1.63. The standard InChI is InChI=1S/C8H23NSi2.O3S/c1-9(11(5,6)7)8-10(2,3)4;1-4(2)3/h8H2,1-7H3;. The van der Waals surface area contributed by atoms with Crippen molar-refractivity contribution in [2.45, 2.75) is 39.3 Å². The zero-order valence-electron chi connectivity index (χ0n) is 10.8. The van der Waals surface area contributed by atoms with E-state index in [0.29, 0.717) is 0 Å². The summed E-state index contributed by atoms with van der Waals surface area (Å²) in [6, 6.07) is 0. The topological polar surface area (TPSA) is 54.5 Å². The van der Waals surface area contributed by atoms with Crippen molar-refractivity contribution >= 4 is 26.9 Å². The monoisotopic (exact) mass is 269 g/mol. The molecule has 0 radical (unpaired) electrons. The molecule has 0 aromatic rings. The van der Waals surface area contributed by atoms with Crippen LogP contribution in [0.3, 0.4) is 0 Å². The molecule has 15 heavy (non-hydrogen) atoms. The zero-order valence-corrected chi connectivity index (χ0v) is 13.6. The molecule has 0 fully saturated rings. The van der Waals surface area contributed by atoms with Crippen LogP contribution >= 0.6 is 0 Å². The molecule has 0 aliphatic carbocycles. The Kier molecular flexibility index (Phi) is 7.62. The summed E-state index contributed by atoms with van der Waals surface area (Å²) >= 11 is 0. The summed E-state index contributed by atoms with van der Waals surface area (Å²) < 4.78 is 27.9. The molecular weight excluding hydrogens is 246 g/mol. The molecule has 0 heterocycles. The third-order valence-corrected chi connectivity index (χ3v) is 6.04. The maximum Gasteiger partial charge on any atom is 0.425 e. The highest BCUT2D eigenvalue weighted by atomic mass is 32.2. The minimum Gasteiger partial charge on any atom is -0.329 e. The first kappa shape index (κ1) is 17.4. The van der Waals surface area contributed by atoms with Gasteiger partial charge in [0, 0.05) is 0 Å². The quantitative estimate of drug-likeness (QED) is 0.731. The van der Waals surface area contributed by atoms with E-state index in [1.165, 1.54) is 6.17 Å². The molecule has 0 unspecified atom stereocenters. The Labute approximate surface area is 96.8 Å². The highest BCUT2D eigenvalue weighted by Crippen LogP contribution is 2.10. The summed E-state index contributed by atoms with van der Waals surface area (Å²) in [7, 11) is -2.70. The van der Waals surface area contributed by atoms with Crippen molar-refractivity contribution in [1.29, 1.82) is 0 Å². The molecule has 0 amide bonds. The summed E-state index contributed by atoms with van der Waals surface area (Å²) in [5, 5.41) is 0. The van der Waals surface area contributed by atoms with Gasteiger partial charge >= 0.3 is 10.6 Å². The van der Waals surface area contributed by atoms with Gasteiger partial charge in [-0.15, -0.1) is 12.6 Å². The van der Waals surface area contributed by atoms with Crippen LogP contribution in [0, 0.1) is 0 Å². The third-order valence-electron chi connectivity index (χ3n) is 1.86. The Morgan fingerprint density at radius 2 is 1.20 bits per heavy atom. The van der Waals surface area contributed by atoms with Gasteiger partial charge in [0.1, 0.15) is 8.24 Å². The number of hydrogen-bond acceptors (Lipinski definition) is 4. The van der Waals surface area contributed by atoms with Gasteiger partial charge in [-0.2, -0.15) is 0 Å². The second-order valence-electron chi connectivity index (χ2n) is 5.79. The smallest absolute Gasteiger partial charge is 0.329 e. The molecule has 0 N–H and O–H groups in total. The molecule has 0 atom stereocenters. The zero-order chi connectivity index (χ0) is 12.9. The molecule has 0 aromatic heterocycles. The first-order chi connectivity index (χ1) is 6.36. The van der Waals surface area contributed by atoms with Gasteiger partial charge in [-0.05, 0) is 13.2 Å². The summed E-state index contributed by atoms with van der Waals surface area (Å²) in [4.78, 5) is 0. The van der Waals surface area contributed by atoms with Gasteiger partial charge in [0.15, 0.2) is 0 Å². The number of nitrogens with zero attached hydrogens (tertiary/aromatic N) is 1. The Balaban J connectivity index is 0. The largest absolute Gasteiger partial charge is 0.425 e. The van der Waals surface area contributed by atoms with Crippen molar-refractivity contribution in [3.63, 3.8) is 0 Å². The van der Waals surface area contributed by atoms with Crippen LogP contribution in [-0.4, -0.2) is 46.7 Å². The van der Waals surface area contributed by atoms with Crippen molar-refractivity contribution in [2.75, 3.05) is 13.2 Å². The van der Waals surface area contributed by atoms with Crippen LogP contribution in [0.5, 0.6) is 0 Å². The van der Waals surface area contributed by atoms with Crippen molar-refractivity contribution in [3.05, 3.63) is 0 Å². The second kappa shape index (κ2) is 6.56. The van der Waals surface area contributed by atoms with Gasteiger partial charge in [0.05, 0.1) is 8.07 Å². The molecule has 0 saturated heterocycles. The lowest BCUT2D eigenvalue weighted by Crippen LogP contribution is -2.50. The lowest BCUT2D eigenvalue weighted by atomic mass is 11.2. The van der Waals surface area contributed by atoms with Crippen molar-refractivity contribution < 1.29 is 12.6 Å². The maximum atomic E-state index is 8.44. The average molecular weight is 270 g/mol. The van der Waals surface area contributed by atoms with E-state index in [9.17, 15) is 0 Å². The SMILES string of the molecule is CN(C[Si](C)(C)C)[Si](C)(C)C.O=S(=O)=O. The number of hydrogen-bond donors (Lipinski definition) is 0. The van der Waals surface area contributed by atoms with Gasteiger partial charge in [-0.3, -0.25) is 0 Å². The molecule has 0 spiro atoms. The predicted molar refractivity (Wildman–Crippen MR) is 69.0 cm³/mol. The van der Waals surface area contributed by atoms with Gasteiger partial charge < -0.3 is 4.57 Å². The fourth-order valence-corrected chi connectivity index (χ4v) is 5.69. The first-order valence-corrected chi connectivity index (χ1v) is 13.0. The fourth-order valence-electron chi connectivity index (χ4n) is 0.949. The van der Waals surface area contributed by atoms with Crippen molar-refractivity contribution in [2.24, 2.45) is 0 Å². The molecular formula is C8H23NO3SSi2. The second-order valence-corrected chi connectivity index (χ2v) is 16.7. The van der Waals surface area contributed by atoms with Crippen LogP contribution in [0.15, 0.2) is 0 Å². The Hall–Kier alpha value is 0.0138. The third kappa shape index (κ3) is 16.7. The van der Waals surface area contributed by atoms with Gasteiger partial charge in [0.2, 0.25) is 0 Å². The van der Waals surface area contributed by atoms with Crippen LogP contribution < -0.4 is 0 Å². The van der Waals surface area contributed by atoms with E-state index in [2.05, 4.69) is 50.9 Å². The average Bonchev–Trinajstić information content (AvgIpc) is 1.78. The van der Waals surface area contributed by atoms with Crippen LogP contribution in [0.2, 0.25) is 39.3 Å². The summed E-state index contributed by atoms with van der Waals surface area (Å²) in [6.07, 6.45) is 1.35. The first-order valence-electron chi connectivity index (χ1n) is 4.84. The normalized spacial score (nSPS) is 12.0. The lowest BCUT2D eigenvalue weighted by molar-refractivity contribution is 0.559. The van der Waals surface area contributed by atoms with E-state index >= 15 is 0 Å². The van der Waals surface area contributed by atoms with Crippen LogP contribution in [0.4, 0.5) is 0 Å². The molecule has 4 nitrogen and oxygen atoms in total. The molecule has 0 rings (SSSR count). The maximum absolute atomic E-state index is 8.44. The van der Waals surface area contributed by atoms with Crippen molar-refractivity contribution in [3.8, 4) is 0 Å². The Morgan fingerprint density at radius 1 is 0.933 bits per heavy atom.